The van der Waals surface area contributed by atoms with Gasteiger partial charge in [0.2, 0.25) is 5.95 Å². The van der Waals surface area contributed by atoms with Gasteiger partial charge in [0.05, 0.1) is 7.11 Å². The Balaban J connectivity index is 2.31. The number of benzene rings is 1. The molecule has 0 spiro atoms. The normalized spacial score (nSPS) is 10.4. The first kappa shape index (κ1) is 12.5. The van der Waals surface area contributed by atoms with Crippen molar-refractivity contribution in [1.82, 2.24) is 9.55 Å². The standard InChI is InChI=1S/C14H19N3O/c1-4-7-15-14-16-8-9-17(14)12-5-6-13(18-3)11(2)10-12/h5-6,8-10H,4,7H2,1-3H3,(H,15,16). The van der Waals surface area contributed by atoms with Crippen LogP contribution in [0.3, 0.4) is 0 Å². The van der Waals surface area contributed by atoms with Crippen LogP contribution in [0.15, 0.2) is 30.6 Å². The molecule has 0 aliphatic heterocycles. The lowest BCUT2D eigenvalue weighted by Crippen LogP contribution is -2.06. The van der Waals surface area contributed by atoms with E-state index in [0.29, 0.717) is 0 Å². The Bertz CT molecular complexity index is 520. The average Bonchev–Trinajstić information content (AvgIpc) is 2.84. The summed E-state index contributed by atoms with van der Waals surface area (Å²) in [4.78, 5) is 4.32. The molecule has 2 rings (SSSR count). The summed E-state index contributed by atoms with van der Waals surface area (Å²) in [6, 6.07) is 6.11. The molecule has 0 radical (unpaired) electrons. The van der Waals surface area contributed by atoms with Crippen molar-refractivity contribution >= 4 is 5.95 Å². The van der Waals surface area contributed by atoms with Gasteiger partial charge in [0.1, 0.15) is 5.75 Å². The van der Waals surface area contributed by atoms with Crippen LogP contribution < -0.4 is 10.1 Å². The van der Waals surface area contributed by atoms with Gasteiger partial charge >= 0.3 is 0 Å². The highest BCUT2D eigenvalue weighted by atomic mass is 16.5. The number of ether oxygens (including phenoxy) is 1. The first-order valence-electron chi connectivity index (χ1n) is 6.18. The molecule has 96 valence electrons. The van der Waals surface area contributed by atoms with E-state index < -0.39 is 0 Å². The molecule has 0 bridgehead atoms. The minimum absolute atomic E-state index is 0.876. The summed E-state index contributed by atoms with van der Waals surface area (Å²) in [6.07, 6.45) is 4.84. The molecule has 0 fully saturated rings. The maximum atomic E-state index is 5.27. The monoisotopic (exact) mass is 245 g/mol. The number of methoxy groups -OCH3 is 1. The summed E-state index contributed by atoms with van der Waals surface area (Å²) in [5.41, 5.74) is 2.20. The van der Waals surface area contributed by atoms with Crippen LogP contribution in [0.4, 0.5) is 5.95 Å². The quantitative estimate of drug-likeness (QED) is 0.880. The Hall–Kier alpha value is -1.97. The van der Waals surface area contributed by atoms with Crippen LogP contribution in [-0.4, -0.2) is 23.2 Å². The number of hydrogen-bond donors (Lipinski definition) is 1. The predicted octanol–water partition coefficient (Wildman–Crippen LogP) is 3.01. The van der Waals surface area contributed by atoms with Crippen LogP contribution in [-0.2, 0) is 0 Å². The number of aromatic nitrogens is 2. The number of imidazole rings is 1. The Morgan fingerprint density at radius 3 is 2.89 bits per heavy atom. The van der Waals surface area contributed by atoms with Gasteiger partial charge in [0.25, 0.3) is 0 Å². The van der Waals surface area contributed by atoms with Gasteiger partial charge < -0.3 is 10.1 Å². The van der Waals surface area contributed by atoms with E-state index in [1.165, 1.54) is 0 Å². The van der Waals surface area contributed by atoms with E-state index in [9.17, 15) is 0 Å². The second-order valence-electron chi connectivity index (χ2n) is 4.20. The van der Waals surface area contributed by atoms with E-state index in [4.69, 9.17) is 4.74 Å². The molecule has 0 atom stereocenters. The van der Waals surface area contributed by atoms with Crippen LogP contribution in [0.25, 0.3) is 5.69 Å². The van der Waals surface area contributed by atoms with Crippen molar-refractivity contribution in [3.05, 3.63) is 36.2 Å². The smallest absolute Gasteiger partial charge is 0.207 e. The minimum atomic E-state index is 0.876. The SMILES string of the molecule is CCCNc1nccn1-c1ccc(OC)c(C)c1. The third kappa shape index (κ3) is 2.47. The van der Waals surface area contributed by atoms with Gasteiger partial charge in [0, 0.05) is 24.6 Å². The van der Waals surface area contributed by atoms with Crippen molar-refractivity contribution in [1.29, 1.82) is 0 Å². The van der Waals surface area contributed by atoms with Crippen molar-refractivity contribution in [3.63, 3.8) is 0 Å². The highest BCUT2D eigenvalue weighted by Gasteiger charge is 2.06. The van der Waals surface area contributed by atoms with Gasteiger partial charge in [0.15, 0.2) is 0 Å². The van der Waals surface area contributed by atoms with E-state index in [-0.39, 0.29) is 0 Å². The Morgan fingerprint density at radius 2 is 2.22 bits per heavy atom. The third-order valence-corrected chi connectivity index (χ3v) is 2.83. The zero-order valence-corrected chi connectivity index (χ0v) is 11.1. The lowest BCUT2D eigenvalue weighted by Gasteiger charge is -2.11. The molecular formula is C14H19N3O. The van der Waals surface area contributed by atoms with Gasteiger partial charge in [-0.1, -0.05) is 6.92 Å². The first-order chi connectivity index (χ1) is 8.76. The summed E-state index contributed by atoms with van der Waals surface area (Å²) < 4.78 is 7.32. The fourth-order valence-electron chi connectivity index (χ4n) is 1.89. The summed E-state index contributed by atoms with van der Waals surface area (Å²) in [5.74, 6) is 1.78. The van der Waals surface area contributed by atoms with Crippen LogP contribution in [0.1, 0.15) is 18.9 Å². The Morgan fingerprint density at radius 1 is 1.39 bits per heavy atom. The number of nitrogens with one attached hydrogen (secondary N) is 1. The van der Waals surface area contributed by atoms with Gasteiger partial charge in [-0.05, 0) is 37.1 Å². The van der Waals surface area contributed by atoms with E-state index in [0.717, 1.165) is 35.9 Å². The maximum absolute atomic E-state index is 5.27. The fourth-order valence-corrected chi connectivity index (χ4v) is 1.89. The number of aryl methyl sites for hydroxylation is 1. The molecule has 0 saturated carbocycles. The Labute approximate surface area is 108 Å². The molecular weight excluding hydrogens is 226 g/mol. The number of hydrogen-bond acceptors (Lipinski definition) is 3. The predicted molar refractivity (Wildman–Crippen MR) is 73.6 cm³/mol. The molecule has 0 unspecified atom stereocenters. The largest absolute Gasteiger partial charge is 0.496 e. The Kier molecular flexibility index (Phi) is 3.87. The summed E-state index contributed by atoms with van der Waals surface area (Å²) >= 11 is 0. The maximum Gasteiger partial charge on any atom is 0.207 e. The highest BCUT2D eigenvalue weighted by Crippen LogP contribution is 2.22. The molecule has 0 amide bonds. The van der Waals surface area contributed by atoms with Gasteiger partial charge in [-0.15, -0.1) is 0 Å². The van der Waals surface area contributed by atoms with Gasteiger partial charge in [-0.3, -0.25) is 4.57 Å². The van der Waals surface area contributed by atoms with E-state index in [1.807, 2.05) is 29.8 Å². The van der Waals surface area contributed by atoms with Crippen LogP contribution in [0.2, 0.25) is 0 Å². The second-order valence-corrected chi connectivity index (χ2v) is 4.20. The summed E-state index contributed by atoms with van der Waals surface area (Å²) in [6.45, 7) is 5.10. The van der Waals surface area contributed by atoms with Crippen molar-refractivity contribution < 1.29 is 4.74 Å². The molecule has 1 heterocycles. The molecule has 1 aromatic carbocycles. The zero-order valence-electron chi connectivity index (χ0n) is 11.1. The minimum Gasteiger partial charge on any atom is -0.496 e. The molecule has 18 heavy (non-hydrogen) atoms. The molecule has 0 saturated heterocycles. The van der Waals surface area contributed by atoms with Crippen LogP contribution in [0.5, 0.6) is 5.75 Å². The third-order valence-electron chi connectivity index (χ3n) is 2.83. The van der Waals surface area contributed by atoms with Gasteiger partial charge in [-0.2, -0.15) is 0 Å². The lowest BCUT2D eigenvalue weighted by atomic mass is 10.2. The van der Waals surface area contributed by atoms with Crippen molar-refractivity contribution in [2.75, 3.05) is 19.0 Å². The molecule has 1 aromatic heterocycles. The summed E-state index contributed by atoms with van der Waals surface area (Å²) in [7, 11) is 1.69. The summed E-state index contributed by atoms with van der Waals surface area (Å²) in [5, 5.41) is 3.31. The number of rotatable bonds is 5. The molecule has 1 N–H and O–H groups in total. The van der Waals surface area contributed by atoms with E-state index in [1.54, 1.807) is 13.3 Å². The zero-order chi connectivity index (χ0) is 13.0. The average molecular weight is 245 g/mol. The number of anilines is 1. The molecule has 0 aliphatic carbocycles. The number of nitrogens with zero attached hydrogens (tertiary/aromatic N) is 2. The second kappa shape index (κ2) is 5.58. The van der Waals surface area contributed by atoms with Gasteiger partial charge in [-0.25, -0.2) is 4.98 Å². The molecule has 0 aliphatic rings. The molecule has 4 nitrogen and oxygen atoms in total. The highest BCUT2D eigenvalue weighted by molar-refractivity contribution is 5.47. The molecule has 4 heteroatoms. The van der Waals surface area contributed by atoms with Crippen LogP contribution >= 0.6 is 0 Å². The van der Waals surface area contributed by atoms with E-state index >= 15 is 0 Å². The molecule has 2 aromatic rings. The topological polar surface area (TPSA) is 39.1 Å². The fraction of sp³-hybridized carbons (Fsp3) is 0.357. The van der Waals surface area contributed by atoms with Crippen molar-refractivity contribution in [2.45, 2.75) is 20.3 Å². The van der Waals surface area contributed by atoms with E-state index in [2.05, 4.69) is 23.3 Å². The van der Waals surface area contributed by atoms with Crippen molar-refractivity contribution in [2.24, 2.45) is 0 Å². The van der Waals surface area contributed by atoms with Crippen LogP contribution in [0, 0.1) is 6.92 Å². The first-order valence-corrected chi connectivity index (χ1v) is 6.18. The van der Waals surface area contributed by atoms with Crippen molar-refractivity contribution in [3.8, 4) is 11.4 Å². The lowest BCUT2D eigenvalue weighted by molar-refractivity contribution is 0.411.